The maximum atomic E-state index is 13.4. The number of rotatable bonds is 4. The number of ether oxygens (including phenoxy) is 1. The summed E-state index contributed by atoms with van der Waals surface area (Å²) in [7, 11) is 1.49. The number of fused-ring (bicyclic) bond motifs is 1. The molecule has 4 rings (SSSR count). The fourth-order valence-electron chi connectivity index (χ4n) is 4.33. The van der Waals surface area contributed by atoms with Crippen LogP contribution >= 0.6 is 0 Å². The molecule has 2 aromatic carbocycles. The van der Waals surface area contributed by atoms with Crippen LogP contribution in [0, 0.1) is 0 Å². The highest BCUT2D eigenvalue weighted by molar-refractivity contribution is 6.11. The maximum absolute atomic E-state index is 13.4. The van der Waals surface area contributed by atoms with E-state index in [-0.39, 0.29) is 17.9 Å². The van der Waals surface area contributed by atoms with Gasteiger partial charge in [-0.25, -0.2) is 4.79 Å². The Morgan fingerprint density at radius 2 is 1.77 bits per heavy atom. The molecule has 5 amide bonds. The second kappa shape index (κ2) is 8.72. The number of urea groups is 1. The second-order valence-corrected chi connectivity index (χ2v) is 9.97. The fourth-order valence-corrected chi connectivity index (χ4v) is 4.33. The third-order valence-corrected chi connectivity index (χ3v) is 6.51. The molecular weight excluding hydrogens is 448 g/mol. The van der Waals surface area contributed by atoms with Gasteiger partial charge in [0.25, 0.3) is 11.8 Å². The molecule has 9 nitrogen and oxygen atoms in total. The number of para-hydroxylation sites is 2. The van der Waals surface area contributed by atoms with Crippen LogP contribution in [0.3, 0.4) is 0 Å². The lowest BCUT2D eigenvalue weighted by Gasteiger charge is -2.34. The van der Waals surface area contributed by atoms with Gasteiger partial charge in [0.1, 0.15) is 17.8 Å². The van der Waals surface area contributed by atoms with Crippen molar-refractivity contribution in [1.29, 1.82) is 0 Å². The minimum absolute atomic E-state index is 0.0370. The van der Waals surface area contributed by atoms with Crippen LogP contribution in [0.25, 0.3) is 0 Å². The van der Waals surface area contributed by atoms with Gasteiger partial charge in [-0.1, -0.05) is 57.2 Å². The lowest BCUT2D eigenvalue weighted by Crippen LogP contribution is -2.52. The van der Waals surface area contributed by atoms with Crippen molar-refractivity contribution in [3.05, 3.63) is 59.7 Å². The Kier molecular flexibility index (Phi) is 6.04. The average molecular weight is 479 g/mol. The lowest BCUT2D eigenvalue weighted by molar-refractivity contribution is -0.134. The number of carbonyl (C=O) groups is 4. The quantitative estimate of drug-likeness (QED) is 0.656. The molecule has 9 heteroatoms. The van der Waals surface area contributed by atoms with Gasteiger partial charge in [0, 0.05) is 7.05 Å². The number of carbonyl (C=O) groups excluding carboxylic acids is 4. The first kappa shape index (κ1) is 24.3. The van der Waals surface area contributed by atoms with Crippen molar-refractivity contribution >= 4 is 29.4 Å². The van der Waals surface area contributed by atoms with Crippen LogP contribution in [0.5, 0.6) is 5.75 Å². The summed E-state index contributed by atoms with van der Waals surface area (Å²) in [5.41, 5.74) is 0.870. The Bertz CT molecular complexity index is 1190. The number of nitrogens with one attached hydrogen (secondary N) is 2. The molecule has 1 saturated heterocycles. The molecule has 0 bridgehead atoms. The highest BCUT2D eigenvalue weighted by atomic mass is 16.5. The molecular formula is C26H30N4O5. The Balaban J connectivity index is 1.56. The van der Waals surface area contributed by atoms with Crippen molar-refractivity contribution in [2.45, 2.75) is 44.8 Å². The van der Waals surface area contributed by atoms with Crippen LogP contribution < -0.4 is 20.3 Å². The zero-order valence-electron chi connectivity index (χ0n) is 20.5. The van der Waals surface area contributed by atoms with Crippen LogP contribution in [0.1, 0.15) is 38.8 Å². The van der Waals surface area contributed by atoms with Gasteiger partial charge in [-0.3, -0.25) is 19.3 Å². The second-order valence-electron chi connectivity index (χ2n) is 9.97. The molecule has 0 aromatic heterocycles. The monoisotopic (exact) mass is 478 g/mol. The summed E-state index contributed by atoms with van der Waals surface area (Å²) in [5, 5.41) is 5.27. The normalized spacial score (nSPS) is 21.8. The number of hydrogen-bond donors (Lipinski definition) is 2. The van der Waals surface area contributed by atoms with Crippen LogP contribution in [0.2, 0.25) is 0 Å². The van der Waals surface area contributed by atoms with E-state index in [4.69, 9.17) is 4.74 Å². The van der Waals surface area contributed by atoms with Gasteiger partial charge in [-0.15, -0.1) is 0 Å². The standard InChI is InChI=1S/C26H30N4O5/c1-25(2,3)16-10-12-17(13-11-16)26(4)23(33)30(24(34)28-26)15-21(31)29-14-20(22(32)27-5)35-19-9-7-6-8-18(19)29/h6-13,20H,14-15H2,1-5H3,(H,27,32)(H,28,34). The van der Waals surface area contributed by atoms with E-state index in [1.807, 2.05) is 24.3 Å². The Hall–Kier alpha value is -3.88. The van der Waals surface area contributed by atoms with E-state index >= 15 is 0 Å². The molecule has 2 atom stereocenters. The molecule has 0 aliphatic carbocycles. The average Bonchev–Trinajstić information content (AvgIpc) is 3.06. The van der Waals surface area contributed by atoms with Crippen LogP contribution in [-0.4, -0.2) is 54.9 Å². The van der Waals surface area contributed by atoms with E-state index in [2.05, 4.69) is 31.4 Å². The first-order chi connectivity index (χ1) is 16.5. The minimum Gasteiger partial charge on any atom is -0.477 e. The number of imide groups is 1. The van der Waals surface area contributed by atoms with Crippen molar-refractivity contribution in [2.24, 2.45) is 0 Å². The molecule has 35 heavy (non-hydrogen) atoms. The summed E-state index contributed by atoms with van der Waals surface area (Å²) < 4.78 is 5.74. The summed E-state index contributed by atoms with van der Waals surface area (Å²) in [6, 6.07) is 13.7. The molecule has 1 fully saturated rings. The molecule has 2 heterocycles. The lowest BCUT2D eigenvalue weighted by atomic mass is 9.84. The number of nitrogens with zero attached hydrogens (tertiary/aromatic N) is 2. The third-order valence-electron chi connectivity index (χ3n) is 6.51. The first-order valence-electron chi connectivity index (χ1n) is 11.5. The number of benzene rings is 2. The molecule has 2 aromatic rings. The predicted octanol–water partition coefficient (Wildman–Crippen LogP) is 2.29. The van der Waals surface area contributed by atoms with E-state index < -0.39 is 36.0 Å². The number of likely N-dealkylation sites (N-methyl/N-ethyl adjacent to an activating group) is 1. The summed E-state index contributed by atoms with van der Waals surface area (Å²) >= 11 is 0. The molecule has 2 N–H and O–H groups in total. The van der Waals surface area contributed by atoms with Gasteiger partial charge in [0.15, 0.2) is 6.10 Å². The summed E-state index contributed by atoms with van der Waals surface area (Å²) in [6.45, 7) is 7.42. The Morgan fingerprint density at radius 1 is 1.11 bits per heavy atom. The van der Waals surface area contributed by atoms with E-state index in [1.165, 1.54) is 11.9 Å². The van der Waals surface area contributed by atoms with E-state index in [9.17, 15) is 19.2 Å². The number of anilines is 1. The molecule has 2 aliphatic heterocycles. The van der Waals surface area contributed by atoms with Crippen LogP contribution in [-0.2, 0) is 25.3 Å². The Labute approximate surface area is 204 Å². The summed E-state index contributed by atoms with van der Waals surface area (Å²) in [5.74, 6) is -1.01. The van der Waals surface area contributed by atoms with E-state index in [1.54, 1.807) is 31.2 Å². The molecule has 0 spiro atoms. The topological polar surface area (TPSA) is 108 Å². The minimum atomic E-state index is -1.29. The van der Waals surface area contributed by atoms with Gasteiger partial charge in [-0.2, -0.15) is 0 Å². The predicted molar refractivity (Wildman–Crippen MR) is 130 cm³/mol. The van der Waals surface area contributed by atoms with Crippen LogP contribution in [0.15, 0.2) is 48.5 Å². The van der Waals surface area contributed by atoms with Gasteiger partial charge in [-0.05, 0) is 35.6 Å². The van der Waals surface area contributed by atoms with Gasteiger partial charge >= 0.3 is 6.03 Å². The third kappa shape index (κ3) is 4.34. The number of amides is 5. The molecule has 184 valence electrons. The van der Waals surface area contributed by atoms with Crippen molar-refractivity contribution < 1.29 is 23.9 Å². The number of hydrogen-bond acceptors (Lipinski definition) is 5. The summed E-state index contributed by atoms with van der Waals surface area (Å²) in [4.78, 5) is 54.1. The first-order valence-corrected chi connectivity index (χ1v) is 11.5. The van der Waals surface area contributed by atoms with Gasteiger partial charge < -0.3 is 20.3 Å². The van der Waals surface area contributed by atoms with E-state index in [0.29, 0.717) is 17.0 Å². The molecule has 0 radical (unpaired) electrons. The van der Waals surface area contributed by atoms with Crippen molar-refractivity contribution in [2.75, 3.05) is 25.0 Å². The SMILES string of the molecule is CNC(=O)C1CN(C(=O)CN2C(=O)NC(C)(c3ccc(C(C)(C)C)cc3)C2=O)c2ccccc2O1. The van der Waals surface area contributed by atoms with E-state index in [0.717, 1.165) is 10.5 Å². The molecule has 2 aliphatic rings. The van der Waals surface area contributed by atoms with Gasteiger partial charge in [0.05, 0.1) is 12.2 Å². The summed E-state index contributed by atoms with van der Waals surface area (Å²) in [6.07, 6.45) is -0.909. The van der Waals surface area contributed by atoms with Gasteiger partial charge in [0.2, 0.25) is 5.91 Å². The molecule has 0 saturated carbocycles. The van der Waals surface area contributed by atoms with Crippen LogP contribution in [0.4, 0.5) is 10.5 Å². The maximum Gasteiger partial charge on any atom is 0.325 e. The highest BCUT2D eigenvalue weighted by Gasteiger charge is 2.50. The highest BCUT2D eigenvalue weighted by Crippen LogP contribution is 2.34. The Morgan fingerprint density at radius 3 is 2.40 bits per heavy atom. The van der Waals surface area contributed by atoms with Crippen molar-refractivity contribution in [3.8, 4) is 5.75 Å². The van der Waals surface area contributed by atoms with Crippen molar-refractivity contribution in [3.63, 3.8) is 0 Å². The smallest absolute Gasteiger partial charge is 0.325 e. The fraction of sp³-hybridized carbons (Fsp3) is 0.385. The zero-order chi connectivity index (χ0) is 25.5. The van der Waals surface area contributed by atoms with Crippen molar-refractivity contribution in [1.82, 2.24) is 15.5 Å². The zero-order valence-corrected chi connectivity index (χ0v) is 20.5. The molecule has 2 unspecified atom stereocenters. The largest absolute Gasteiger partial charge is 0.477 e.